The molecule has 0 unspecified atom stereocenters. The van der Waals surface area contributed by atoms with Gasteiger partial charge in [0, 0.05) is 23.2 Å². The van der Waals surface area contributed by atoms with Gasteiger partial charge in [0.1, 0.15) is 0 Å². The van der Waals surface area contributed by atoms with Crippen LogP contribution in [0.1, 0.15) is 5.56 Å². The number of rotatable bonds is 4. The highest BCUT2D eigenvalue weighted by molar-refractivity contribution is 14.1. The van der Waals surface area contributed by atoms with Crippen LogP contribution in [0.3, 0.4) is 0 Å². The van der Waals surface area contributed by atoms with E-state index in [1.165, 1.54) is 9.13 Å². The van der Waals surface area contributed by atoms with Crippen LogP contribution in [0.5, 0.6) is 0 Å². The summed E-state index contributed by atoms with van der Waals surface area (Å²) in [5, 5.41) is 0. The molecule has 0 fully saturated rings. The van der Waals surface area contributed by atoms with Crippen molar-refractivity contribution >= 4 is 22.6 Å². The SMILES string of the molecule is CN(CCN)Cc1ccccc1I. The van der Waals surface area contributed by atoms with E-state index in [9.17, 15) is 0 Å². The molecule has 72 valence electrons. The van der Waals surface area contributed by atoms with E-state index in [0.29, 0.717) is 0 Å². The third-order valence-electron chi connectivity index (χ3n) is 1.91. The smallest absolute Gasteiger partial charge is 0.0241 e. The number of likely N-dealkylation sites (N-methyl/N-ethyl adjacent to an activating group) is 1. The van der Waals surface area contributed by atoms with Crippen molar-refractivity contribution in [3.8, 4) is 0 Å². The van der Waals surface area contributed by atoms with E-state index in [0.717, 1.165) is 19.6 Å². The quantitative estimate of drug-likeness (QED) is 0.855. The molecule has 0 spiro atoms. The first-order chi connectivity index (χ1) is 6.24. The highest BCUT2D eigenvalue weighted by Crippen LogP contribution is 2.12. The zero-order chi connectivity index (χ0) is 9.68. The fraction of sp³-hybridized carbons (Fsp3) is 0.400. The standard InChI is InChI=1S/C10H15IN2/c1-13(7-6-12)8-9-4-2-3-5-10(9)11/h2-5H,6-8,12H2,1H3. The number of benzene rings is 1. The summed E-state index contributed by atoms with van der Waals surface area (Å²) in [6.45, 7) is 2.65. The lowest BCUT2D eigenvalue weighted by atomic mass is 10.2. The second-order valence-electron chi connectivity index (χ2n) is 3.12. The van der Waals surface area contributed by atoms with Gasteiger partial charge in [0.2, 0.25) is 0 Å². The van der Waals surface area contributed by atoms with E-state index in [2.05, 4.69) is 58.8 Å². The number of hydrogen-bond donors (Lipinski definition) is 1. The van der Waals surface area contributed by atoms with Gasteiger partial charge in [-0.25, -0.2) is 0 Å². The molecule has 0 aliphatic carbocycles. The summed E-state index contributed by atoms with van der Waals surface area (Å²) in [5.41, 5.74) is 6.85. The minimum Gasteiger partial charge on any atom is -0.329 e. The van der Waals surface area contributed by atoms with Crippen molar-refractivity contribution < 1.29 is 0 Å². The van der Waals surface area contributed by atoms with Gasteiger partial charge in [0.25, 0.3) is 0 Å². The maximum absolute atomic E-state index is 5.48. The maximum Gasteiger partial charge on any atom is 0.0241 e. The number of halogens is 1. The Labute approximate surface area is 93.3 Å². The largest absolute Gasteiger partial charge is 0.329 e. The number of nitrogens with two attached hydrogens (primary N) is 1. The molecule has 13 heavy (non-hydrogen) atoms. The first-order valence-electron chi connectivity index (χ1n) is 4.36. The van der Waals surface area contributed by atoms with Crippen molar-refractivity contribution in [3.05, 3.63) is 33.4 Å². The van der Waals surface area contributed by atoms with Gasteiger partial charge >= 0.3 is 0 Å². The fourth-order valence-electron chi connectivity index (χ4n) is 1.22. The average Bonchev–Trinajstić information content (AvgIpc) is 2.09. The Balaban J connectivity index is 2.58. The summed E-state index contributed by atoms with van der Waals surface area (Å²) in [6, 6.07) is 8.43. The zero-order valence-corrected chi connectivity index (χ0v) is 9.99. The average molecular weight is 290 g/mol. The van der Waals surface area contributed by atoms with Gasteiger partial charge in [-0.3, -0.25) is 0 Å². The van der Waals surface area contributed by atoms with Crippen LogP contribution in [-0.2, 0) is 6.54 Å². The molecule has 0 aliphatic heterocycles. The van der Waals surface area contributed by atoms with Gasteiger partial charge in [-0.05, 0) is 41.3 Å². The van der Waals surface area contributed by atoms with Crippen LogP contribution in [0, 0.1) is 3.57 Å². The summed E-state index contributed by atoms with van der Waals surface area (Å²) in [6.07, 6.45) is 0. The molecule has 2 N–H and O–H groups in total. The number of hydrogen-bond acceptors (Lipinski definition) is 2. The third-order valence-corrected chi connectivity index (χ3v) is 2.96. The normalized spacial score (nSPS) is 10.8. The first-order valence-corrected chi connectivity index (χ1v) is 5.44. The van der Waals surface area contributed by atoms with E-state index in [-0.39, 0.29) is 0 Å². The predicted octanol–water partition coefficient (Wildman–Crippen LogP) is 1.68. The summed E-state index contributed by atoms with van der Waals surface area (Å²) in [4.78, 5) is 2.23. The topological polar surface area (TPSA) is 29.3 Å². The first kappa shape index (κ1) is 10.9. The summed E-state index contributed by atoms with van der Waals surface area (Å²) >= 11 is 2.36. The van der Waals surface area contributed by atoms with Crippen LogP contribution in [0.25, 0.3) is 0 Å². The van der Waals surface area contributed by atoms with Crippen molar-refractivity contribution in [2.75, 3.05) is 20.1 Å². The van der Waals surface area contributed by atoms with Crippen molar-refractivity contribution in [2.24, 2.45) is 5.73 Å². The summed E-state index contributed by atoms with van der Waals surface area (Å²) < 4.78 is 1.32. The van der Waals surface area contributed by atoms with Crippen molar-refractivity contribution in [1.82, 2.24) is 4.90 Å². The summed E-state index contributed by atoms with van der Waals surface area (Å²) in [5.74, 6) is 0. The Hall–Kier alpha value is -0.130. The molecular formula is C10H15IN2. The molecule has 2 nitrogen and oxygen atoms in total. The van der Waals surface area contributed by atoms with E-state index >= 15 is 0 Å². The van der Waals surface area contributed by atoms with Gasteiger partial charge in [0.05, 0.1) is 0 Å². The lowest BCUT2D eigenvalue weighted by Crippen LogP contribution is -2.25. The van der Waals surface area contributed by atoms with Crippen LogP contribution in [0.2, 0.25) is 0 Å². The Morgan fingerprint density at radius 2 is 2.08 bits per heavy atom. The van der Waals surface area contributed by atoms with Crippen molar-refractivity contribution in [2.45, 2.75) is 6.54 Å². The van der Waals surface area contributed by atoms with E-state index in [1.807, 2.05) is 0 Å². The van der Waals surface area contributed by atoms with Gasteiger partial charge in [-0.1, -0.05) is 18.2 Å². The molecule has 1 aromatic carbocycles. The minimum absolute atomic E-state index is 0.722. The number of nitrogens with zero attached hydrogens (tertiary/aromatic N) is 1. The molecule has 0 aromatic heterocycles. The lowest BCUT2D eigenvalue weighted by Gasteiger charge is -2.16. The molecule has 0 bridgehead atoms. The second kappa shape index (κ2) is 5.57. The van der Waals surface area contributed by atoms with Crippen LogP contribution < -0.4 is 5.73 Å². The summed E-state index contributed by atoms with van der Waals surface area (Å²) in [7, 11) is 2.09. The fourth-order valence-corrected chi connectivity index (χ4v) is 1.77. The highest BCUT2D eigenvalue weighted by Gasteiger charge is 2.01. The molecule has 0 aliphatic rings. The predicted molar refractivity (Wildman–Crippen MR) is 64.5 cm³/mol. The Bertz CT molecular complexity index is 263. The molecule has 0 radical (unpaired) electrons. The van der Waals surface area contributed by atoms with Crippen LogP contribution >= 0.6 is 22.6 Å². The molecule has 1 aromatic rings. The Morgan fingerprint density at radius 3 is 2.69 bits per heavy atom. The van der Waals surface area contributed by atoms with Gasteiger partial charge in [-0.15, -0.1) is 0 Å². The maximum atomic E-state index is 5.48. The van der Waals surface area contributed by atoms with Crippen LogP contribution in [-0.4, -0.2) is 25.0 Å². The Morgan fingerprint density at radius 1 is 1.38 bits per heavy atom. The van der Waals surface area contributed by atoms with Crippen molar-refractivity contribution in [3.63, 3.8) is 0 Å². The van der Waals surface area contributed by atoms with Gasteiger partial charge in [-0.2, -0.15) is 0 Å². The monoisotopic (exact) mass is 290 g/mol. The van der Waals surface area contributed by atoms with E-state index in [4.69, 9.17) is 5.73 Å². The van der Waals surface area contributed by atoms with Gasteiger partial charge in [0.15, 0.2) is 0 Å². The zero-order valence-electron chi connectivity index (χ0n) is 7.83. The highest BCUT2D eigenvalue weighted by atomic mass is 127. The Kier molecular flexibility index (Phi) is 4.69. The van der Waals surface area contributed by atoms with Gasteiger partial charge < -0.3 is 10.6 Å². The second-order valence-corrected chi connectivity index (χ2v) is 4.28. The third kappa shape index (κ3) is 3.62. The molecule has 3 heteroatoms. The molecule has 0 amide bonds. The molecule has 1 rings (SSSR count). The lowest BCUT2D eigenvalue weighted by molar-refractivity contribution is 0.335. The molecule has 0 heterocycles. The van der Waals surface area contributed by atoms with E-state index in [1.54, 1.807) is 0 Å². The minimum atomic E-state index is 0.722. The molecule has 0 saturated heterocycles. The van der Waals surface area contributed by atoms with Crippen LogP contribution in [0.15, 0.2) is 24.3 Å². The molecule has 0 atom stereocenters. The van der Waals surface area contributed by atoms with E-state index < -0.39 is 0 Å². The molecular weight excluding hydrogens is 275 g/mol. The van der Waals surface area contributed by atoms with Crippen molar-refractivity contribution in [1.29, 1.82) is 0 Å². The molecule has 0 saturated carbocycles. The van der Waals surface area contributed by atoms with Crippen LogP contribution in [0.4, 0.5) is 0 Å².